The van der Waals surface area contributed by atoms with Crippen LogP contribution in [0.4, 0.5) is 11.4 Å². The molecule has 1 saturated heterocycles. The molecule has 1 aliphatic heterocycles. The molecular formula is C35H46Cl5N7. The van der Waals surface area contributed by atoms with Crippen LogP contribution in [0.5, 0.6) is 0 Å². The van der Waals surface area contributed by atoms with Crippen LogP contribution in [-0.2, 0) is 12.8 Å². The number of aromatic nitrogens is 4. The number of hydrogen-bond acceptors (Lipinski definition) is 5. The first-order chi connectivity index (χ1) is 21.6. The quantitative estimate of drug-likeness (QED) is 0.0881. The van der Waals surface area contributed by atoms with Gasteiger partial charge in [0.2, 0.25) is 0 Å². The summed E-state index contributed by atoms with van der Waals surface area (Å²) in [5, 5.41) is 0. The van der Waals surface area contributed by atoms with Crippen LogP contribution in [0, 0.1) is 0 Å². The number of hydrogen-bond donors (Lipinski definition) is 2. The van der Waals surface area contributed by atoms with Gasteiger partial charge in [-0.05, 0) is 80.4 Å². The number of anilines is 2. The number of alkyl halides is 2. The minimum absolute atomic E-state index is 0. The van der Waals surface area contributed by atoms with Gasteiger partial charge in [0.1, 0.15) is 11.6 Å². The first-order valence-electron chi connectivity index (χ1n) is 16.0. The summed E-state index contributed by atoms with van der Waals surface area (Å²) in [5.74, 6) is 3.17. The molecule has 3 aromatic carbocycles. The molecule has 6 rings (SSSR count). The third kappa shape index (κ3) is 10.1. The maximum absolute atomic E-state index is 5.95. The van der Waals surface area contributed by atoms with Gasteiger partial charge in [-0.15, -0.1) is 60.4 Å². The van der Waals surface area contributed by atoms with E-state index in [1.54, 1.807) is 0 Å². The van der Waals surface area contributed by atoms with Crippen LogP contribution < -0.4 is 9.80 Å². The SMILES string of the molecule is CN1CCN(c2ccc3nc(-c4ccc5nc(CCCCCCc6ccc(N(CCCl)CCCl)cc6)[nH]c5c4)[nH]c3c2)CC1.Cl.Cl.Cl. The summed E-state index contributed by atoms with van der Waals surface area (Å²) in [4.78, 5) is 24.0. The van der Waals surface area contributed by atoms with Crippen molar-refractivity contribution in [1.82, 2.24) is 24.8 Å². The van der Waals surface area contributed by atoms with Gasteiger partial charge in [0, 0.05) is 74.4 Å². The molecular weight excluding hydrogens is 696 g/mol. The minimum Gasteiger partial charge on any atom is -0.369 e. The normalized spacial score (nSPS) is 13.3. The molecule has 0 atom stereocenters. The maximum Gasteiger partial charge on any atom is 0.138 e. The van der Waals surface area contributed by atoms with Gasteiger partial charge in [-0.25, -0.2) is 9.97 Å². The Kier molecular flexibility index (Phi) is 15.8. The number of fused-ring (bicyclic) bond motifs is 2. The molecule has 5 aromatic rings. The molecule has 0 radical (unpaired) electrons. The van der Waals surface area contributed by atoms with Crippen molar-refractivity contribution in [3.05, 3.63) is 72.1 Å². The molecule has 2 aromatic heterocycles. The summed E-state index contributed by atoms with van der Waals surface area (Å²) in [6.45, 7) is 5.95. The van der Waals surface area contributed by atoms with Crippen molar-refractivity contribution >= 4 is 93.9 Å². The molecule has 47 heavy (non-hydrogen) atoms. The first kappa shape index (κ1) is 39.1. The van der Waals surface area contributed by atoms with Crippen LogP contribution in [0.1, 0.15) is 37.1 Å². The van der Waals surface area contributed by atoms with Gasteiger partial charge >= 0.3 is 0 Å². The van der Waals surface area contributed by atoms with Gasteiger partial charge in [-0.3, -0.25) is 0 Å². The van der Waals surface area contributed by atoms with Crippen molar-refractivity contribution in [2.24, 2.45) is 0 Å². The highest BCUT2D eigenvalue weighted by atomic mass is 35.5. The lowest BCUT2D eigenvalue weighted by molar-refractivity contribution is 0.313. The number of aryl methyl sites for hydroxylation is 2. The molecule has 0 amide bonds. The predicted octanol–water partition coefficient (Wildman–Crippen LogP) is 8.75. The van der Waals surface area contributed by atoms with E-state index in [-0.39, 0.29) is 37.2 Å². The Hall–Kier alpha value is -2.39. The summed E-state index contributed by atoms with van der Waals surface area (Å²) >= 11 is 11.9. The van der Waals surface area contributed by atoms with Crippen LogP contribution in [0.2, 0.25) is 0 Å². The Morgan fingerprint density at radius 1 is 0.702 bits per heavy atom. The smallest absolute Gasteiger partial charge is 0.138 e. The van der Waals surface area contributed by atoms with Crippen molar-refractivity contribution in [2.75, 3.05) is 67.9 Å². The molecule has 256 valence electrons. The average Bonchev–Trinajstić information content (AvgIpc) is 3.66. The fourth-order valence-corrected chi connectivity index (χ4v) is 6.55. The predicted molar refractivity (Wildman–Crippen MR) is 209 cm³/mol. The average molecular weight is 742 g/mol. The Morgan fingerprint density at radius 3 is 2.04 bits per heavy atom. The number of rotatable bonds is 14. The first-order valence-corrected chi connectivity index (χ1v) is 17.0. The third-order valence-corrected chi connectivity index (χ3v) is 9.12. The topological polar surface area (TPSA) is 67.1 Å². The summed E-state index contributed by atoms with van der Waals surface area (Å²) in [7, 11) is 2.19. The number of unbranched alkanes of at least 4 members (excludes halogenated alkanes) is 3. The maximum atomic E-state index is 5.95. The van der Waals surface area contributed by atoms with E-state index in [4.69, 9.17) is 33.2 Å². The molecule has 0 bridgehead atoms. The van der Waals surface area contributed by atoms with Crippen LogP contribution in [0.25, 0.3) is 33.5 Å². The lowest BCUT2D eigenvalue weighted by Crippen LogP contribution is -2.44. The van der Waals surface area contributed by atoms with Gasteiger partial charge in [-0.2, -0.15) is 0 Å². The van der Waals surface area contributed by atoms with E-state index in [2.05, 4.69) is 92.4 Å². The fourth-order valence-electron chi connectivity index (χ4n) is 6.15. The second kappa shape index (κ2) is 19.0. The lowest BCUT2D eigenvalue weighted by atomic mass is 10.0. The zero-order chi connectivity index (χ0) is 30.3. The van der Waals surface area contributed by atoms with Gasteiger partial charge in [0.25, 0.3) is 0 Å². The second-order valence-electron chi connectivity index (χ2n) is 11.9. The second-order valence-corrected chi connectivity index (χ2v) is 12.7. The van der Waals surface area contributed by atoms with Crippen molar-refractivity contribution in [3.63, 3.8) is 0 Å². The minimum atomic E-state index is 0. The number of aromatic amines is 2. The highest BCUT2D eigenvalue weighted by molar-refractivity contribution is 6.18. The van der Waals surface area contributed by atoms with E-state index in [1.807, 2.05) is 0 Å². The number of benzene rings is 3. The van der Waals surface area contributed by atoms with Crippen LogP contribution in [0.15, 0.2) is 60.7 Å². The standard InChI is InChI=1S/C35H43Cl2N7.3ClH/c1-42-20-22-44(23-21-42)29-13-15-31-33(25-29)41-35(40-31)27-10-14-30-32(24-27)39-34(38-30)7-5-3-2-4-6-26-8-11-28(12-9-26)43(18-16-36)19-17-37;;;/h8-15,24-25H,2-7,16-23H2,1H3,(H,38,39)(H,40,41);3*1H. The molecule has 1 fully saturated rings. The lowest BCUT2D eigenvalue weighted by Gasteiger charge is -2.34. The summed E-state index contributed by atoms with van der Waals surface area (Å²) < 4.78 is 0. The highest BCUT2D eigenvalue weighted by Crippen LogP contribution is 2.27. The molecule has 3 heterocycles. The summed E-state index contributed by atoms with van der Waals surface area (Å²) in [6, 6.07) is 21.8. The number of likely N-dealkylation sites (N-methyl/N-ethyl adjacent to an activating group) is 1. The van der Waals surface area contributed by atoms with Crippen molar-refractivity contribution < 1.29 is 0 Å². The largest absolute Gasteiger partial charge is 0.369 e. The molecule has 7 nitrogen and oxygen atoms in total. The summed E-state index contributed by atoms with van der Waals surface area (Å²) in [6.07, 6.45) is 6.84. The van der Waals surface area contributed by atoms with Crippen molar-refractivity contribution in [2.45, 2.75) is 38.5 Å². The fraction of sp³-hybridized carbons (Fsp3) is 0.429. The van der Waals surface area contributed by atoms with E-state index < -0.39 is 0 Å². The highest BCUT2D eigenvalue weighted by Gasteiger charge is 2.16. The zero-order valence-corrected chi connectivity index (χ0v) is 30.9. The van der Waals surface area contributed by atoms with Crippen LogP contribution >= 0.6 is 60.4 Å². The van der Waals surface area contributed by atoms with E-state index in [0.717, 1.165) is 97.8 Å². The molecule has 2 N–H and O–H groups in total. The van der Waals surface area contributed by atoms with Gasteiger partial charge in [0.15, 0.2) is 0 Å². The van der Waals surface area contributed by atoms with Gasteiger partial charge < -0.3 is 24.7 Å². The third-order valence-electron chi connectivity index (χ3n) is 8.78. The Labute approximate surface area is 307 Å². The van der Waals surface area contributed by atoms with Gasteiger partial charge in [-0.1, -0.05) is 25.0 Å². The van der Waals surface area contributed by atoms with E-state index in [1.165, 1.54) is 36.2 Å². The zero-order valence-electron chi connectivity index (χ0n) is 26.9. The Balaban J connectivity index is 0.00000200. The molecule has 0 aliphatic carbocycles. The summed E-state index contributed by atoms with van der Waals surface area (Å²) in [5.41, 5.74) is 9.07. The molecule has 0 spiro atoms. The molecule has 12 heteroatoms. The van der Waals surface area contributed by atoms with E-state index in [0.29, 0.717) is 11.8 Å². The number of nitrogens with zero attached hydrogens (tertiary/aromatic N) is 5. The van der Waals surface area contributed by atoms with Crippen molar-refractivity contribution in [1.29, 1.82) is 0 Å². The van der Waals surface area contributed by atoms with E-state index >= 15 is 0 Å². The van der Waals surface area contributed by atoms with Gasteiger partial charge in [0.05, 0.1) is 22.1 Å². The number of piperazine rings is 1. The Bertz CT molecular complexity index is 1640. The van der Waals surface area contributed by atoms with E-state index in [9.17, 15) is 0 Å². The number of H-pyrrole nitrogens is 2. The van der Waals surface area contributed by atoms with Crippen LogP contribution in [0.3, 0.4) is 0 Å². The number of halogens is 5. The molecule has 0 unspecified atom stereocenters. The number of imidazole rings is 2. The molecule has 0 saturated carbocycles. The van der Waals surface area contributed by atoms with Crippen LogP contribution in [-0.4, -0.2) is 82.9 Å². The molecule has 1 aliphatic rings. The number of nitrogens with one attached hydrogen (secondary N) is 2. The Morgan fingerprint density at radius 2 is 1.34 bits per heavy atom. The van der Waals surface area contributed by atoms with Crippen molar-refractivity contribution in [3.8, 4) is 11.4 Å². The monoisotopic (exact) mass is 739 g/mol.